The number of primary amides is 1. The minimum Gasteiger partial charge on any atom is -0.366 e. The van der Waals surface area contributed by atoms with Gasteiger partial charge in [0, 0.05) is 34.7 Å². The highest BCUT2D eigenvalue weighted by molar-refractivity contribution is 6.33. The van der Waals surface area contributed by atoms with Crippen molar-refractivity contribution < 1.29 is 4.79 Å². The van der Waals surface area contributed by atoms with E-state index < -0.39 is 5.91 Å². The molecule has 2 aromatic carbocycles. The zero-order chi connectivity index (χ0) is 19.5. The highest BCUT2D eigenvalue weighted by Gasteiger charge is 2.13. The Bertz CT molecular complexity index is 1120. The lowest BCUT2D eigenvalue weighted by molar-refractivity contribution is 0.100. The van der Waals surface area contributed by atoms with E-state index in [9.17, 15) is 4.79 Å². The summed E-state index contributed by atoms with van der Waals surface area (Å²) in [5, 5.41) is 4.89. The quantitative estimate of drug-likeness (QED) is 0.550. The number of rotatable bonds is 5. The van der Waals surface area contributed by atoms with E-state index in [1.54, 1.807) is 18.5 Å². The summed E-state index contributed by atoms with van der Waals surface area (Å²) in [5.41, 5.74) is 10.4. The number of carbonyl (C=O) groups excluding carboxylic acids is 1. The average Bonchev–Trinajstić information content (AvgIpc) is 3.22. The van der Waals surface area contributed by atoms with Crippen molar-refractivity contribution in [3.8, 4) is 22.4 Å². The molecule has 0 saturated heterocycles. The van der Waals surface area contributed by atoms with Crippen LogP contribution >= 0.6 is 11.6 Å². The van der Waals surface area contributed by atoms with Gasteiger partial charge in [0.2, 0.25) is 5.91 Å². The van der Waals surface area contributed by atoms with Crippen LogP contribution in [0.25, 0.3) is 22.4 Å². The maximum atomic E-state index is 11.7. The molecule has 0 aliphatic heterocycles. The van der Waals surface area contributed by atoms with Gasteiger partial charge >= 0.3 is 0 Å². The Labute approximate surface area is 167 Å². The van der Waals surface area contributed by atoms with E-state index in [2.05, 4.69) is 10.1 Å². The zero-order valence-electron chi connectivity index (χ0n) is 14.9. The number of carbonyl (C=O) groups is 1. The van der Waals surface area contributed by atoms with Crippen molar-refractivity contribution in [2.75, 3.05) is 0 Å². The third kappa shape index (κ3) is 3.66. The number of amides is 1. The Morgan fingerprint density at radius 3 is 2.61 bits per heavy atom. The standard InChI is InChI=1S/C22H17ClN4O/c23-20-8-7-15(12-19(20)21-4-1-2-9-25-21)18-13-16(22(24)28)5-6-17(18)14-27-11-3-10-26-27/h1-13H,14H2,(H2,24,28). The van der Waals surface area contributed by atoms with E-state index in [1.165, 1.54) is 0 Å². The molecule has 0 fully saturated rings. The first-order chi connectivity index (χ1) is 13.6. The SMILES string of the molecule is NC(=O)c1ccc(Cn2cccn2)c(-c2ccc(Cl)c(-c3ccccn3)c2)c1. The fourth-order valence-corrected chi connectivity index (χ4v) is 3.33. The van der Waals surface area contributed by atoms with Crippen LogP contribution in [0, 0.1) is 0 Å². The first kappa shape index (κ1) is 17.9. The Morgan fingerprint density at radius 2 is 1.89 bits per heavy atom. The molecule has 4 aromatic rings. The number of halogens is 1. The summed E-state index contributed by atoms with van der Waals surface area (Å²) in [4.78, 5) is 16.1. The van der Waals surface area contributed by atoms with Gasteiger partial charge in [-0.3, -0.25) is 14.5 Å². The third-order valence-corrected chi connectivity index (χ3v) is 4.83. The molecule has 1 amide bonds. The number of pyridine rings is 1. The summed E-state index contributed by atoms with van der Waals surface area (Å²) < 4.78 is 1.83. The van der Waals surface area contributed by atoms with Gasteiger partial charge in [0.25, 0.3) is 0 Å². The lowest BCUT2D eigenvalue weighted by atomic mass is 9.95. The van der Waals surface area contributed by atoms with E-state index >= 15 is 0 Å². The highest BCUT2D eigenvalue weighted by atomic mass is 35.5. The normalized spacial score (nSPS) is 10.8. The molecular weight excluding hydrogens is 372 g/mol. The van der Waals surface area contributed by atoms with Gasteiger partial charge in [-0.1, -0.05) is 29.8 Å². The van der Waals surface area contributed by atoms with Crippen LogP contribution in [0.1, 0.15) is 15.9 Å². The topological polar surface area (TPSA) is 73.8 Å². The minimum absolute atomic E-state index is 0.452. The number of nitrogens with zero attached hydrogens (tertiary/aromatic N) is 3. The minimum atomic E-state index is -0.467. The van der Waals surface area contributed by atoms with Crippen molar-refractivity contribution in [2.24, 2.45) is 5.73 Å². The van der Waals surface area contributed by atoms with Gasteiger partial charge in [-0.2, -0.15) is 5.10 Å². The summed E-state index contributed by atoms with van der Waals surface area (Å²) in [7, 11) is 0. The van der Waals surface area contributed by atoms with E-state index in [0.717, 1.165) is 27.9 Å². The van der Waals surface area contributed by atoms with Crippen molar-refractivity contribution in [2.45, 2.75) is 6.54 Å². The molecule has 0 bridgehead atoms. The predicted molar refractivity (Wildman–Crippen MR) is 110 cm³/mol. The average molecular weight is 389 g/mol. The van der Waals surface area contributed by atoms with Gasteiger partial charge < -0.3 is 5.73 Å². The molecule has 0 saturated carbocycles. The molecule has 0 radical (unpaired) electrons. The van der Waals surface area contributed by atoms with E-state index in [1.807, 2.05) is 65.5 Å². The predicted octanol–water partition coefficient (Wildman–Crippen LogP) is 4.41. The van der Waals surface area contributed by atoms with E-state index in [0.29, 0.717) is 17.1 Å². The van der Waals surface area contributed by atoms with Gasteiger partial charge in [0.15, 0.2) is 0 Å². The monoisotopic (exact) mass is 388 g/mol. The molecule has 2 aromatic heterocycles. The lowest BCUT2D eigenvalue weighted by Crippen LogP contribution is -2.12. The van der Waals surface area contributed by atoms with Crippen molar-refractivity contribution >= 4 is 17.5 Å². The van der Waals surface area contributed by atoms with Gasteiger partial charge in [-0.15, -0.1) is 0 Å². The first-order valence-electron chi connectivity index (χ1n) is 8.73. The Kier molecular flexibility index (Phi) is 4.91. The summed E-state index contributed by atoms with van der Waals surface area (Å²) >= 11 is 6.43. The molecule has 0 atom stereocenters. The third-order valence-electron chi connectivity index (χ3n) is 4.50. The Hall–Kier alpha value is -3.44. The molecule has 28 heavy (non-hydrogen) atoms. The number of benzene rings is 2. The smallest absolute Gasteiger partial charge is 0.248 e. The van der Waals surface area contributed by atoms with Crippen molar-refractivity contribution in [1.29, 1.82) is 0 Å². The summed E-state index contributed by atoms with van der Waals surface area (Å²) in [6.45, 7) is 0.572. The van der Waals surface area contributed by atoms with Crippen molar-refractivity contribution in [3.63, 3.8) is 0 Å². The van der Waals surface area contributed by atoms with Crippen molar-refractivity contribution in [3.05, 3.63) is 95.4 Å². The number of nitrogens with two attached hydrogens (primary N) is 1. The summed E-state index contributed by atoms with van der Waals surface area (Å²) in [6.07, 6.45) is 5.36. The second-order valence-corrected chi connectivity index (χ2v) is 6.76. The molecular formula is C22H17ClN4O. The van der Waals surface area contributed by atoms with Gasteiger partial charge in [0.05, 0.1) is 12.2 Å². The lowest BCUT2D eigenvalue weighted by Gasteiger charge is -2.14. The molecule has 6 heteroatoms. The number of hydrogen-bond donors (Lipinski definition) is 1. The molecule has 4 rings (SSSR count). The fraction of sp³-hybridized carbons (Fsp3) is 0.0455. The first-order valence-corrected chi connectivity index (χ1v) is 9.11. The molecule has 0 aliphatic rings. The number of hydrogen-bond acceptors (Lipinski definition) is 3. The number of aromatic nitrogens is 3. The van der Waals surface area contributed by atoms with Crippen LogP contribution < -0.4 is 5.73 Å². The molecule has 2 N–H and O–H groups in total. The fourth-order valence-electron chi connectivity index (χ4n) is 3.12. The summed E-state index contributed by atoms with van der Waals surface area (Å²) in [6, 6.07) is 18.8. The van der Waals surface area contributed by atoms with Crippen LogP contribution in [0.3, 0.4) is 0 Å². The molecule has 0 unspecified atom stereocenters. The van der Waals surface area contributed by atoms with Crippen LogP contribution in [-0.4, -0.2) is 20.7 Å². The highest BCUT2D eigenvalue weighted by Crippen LogP contribution is 2.33. The van der Waals surface area contributed by atoms with Crippen LogP contribution in [0.4, 0.5) is 0 Å². The second-order valence-electron chi connectivity index (χ2n) is 6.35. The van der Waals surface area contributed by atoms with Crippen LogP contribution in [0.15, 0.2) is 79.3 Å². The molecule has 0 spiro atoms. The van der Waals surface area contributed by atoms with E-state index in [-0.39, 0.29) is 0 Å². The van der Waals surface area contributed by atoms with Crippen LogP contribution in [0.5, 0.6) is 0 Å². The van der Waals surface area contributed by atoms with Gasteiger partial charge in [0.1, 0.15) is 0 Å². The van der Waals surface area contributed by atoms with Crippen molar-refractivity contribution in [1.82, 2.24) is 14.8 Å². The Balaban J connectivity index is 1.85. The summed E-state index contributed by atoms with van der Waals surface area (Å²) in [5.74, 6) is -0.467. The van der Waals surface area contributed by atoms with Crippen LogP contribution in [0.2, 0.25) is 5.02 Å². The maximum absolute atomic E-state index is 11.7. The molecule has 0 aliphatic carbocycles. The van der Waals surface area contributed by atoms with Gasteiger partial charge in [-0.25, -0.2) is 0 Å². The Morgan fingerprint density at radius 1 is 1.00 bits per heavy atom. The molecule has 5 nitrogen and oxygen atoms in total. The molecule has 2 heterocycles. The zero-order valence-corrected chi connectivity index (χ0v) is 15.7. The second kappa shape index (κ2) is 7.66. The maximum Gasteiger partial charge on any atom is 0.248 e. The van der Waals surface area contributed by atoms with Crippen LogP contribution in [-0.2, 0) is 6.54 Å². The largest absolute Gasteiger partial charge is 0.366 e. The van der Waals surface area contributed by atoms with E-state index in [4.69, 9.17) is 17.3 Å². The van der Waals surface area contributed by atoms with Gasteiger partial charge in [-0.05, 0) is 59.2 Å². The molecule has 138 valence electrons.